The molecule has 0 radical (unpaired) electrons. The molecule has 2 aromatic carbocycles. The first kappa shape index (κ1) is 18.5. The van der Waals surface area contributed by atoms with Gasteiger partial charge in [0.25, 0.3) is 0 Å². The normalized spacial score (nSPS) is 20.4. The second-order valence-corrected chi connectivity index (χ2v) is 7.82. The van der Waals surface area contributed by atoms with Gasteiger partial charge in [-0.15, -0.1) is 0 Å². The molecule has 152 valence electrons. The number of aromatic hydroxyl groups is 1. The number of phenolic OH excluding ortho intramolecular Hbond substituents is 1. The minimum Gasteiger partial charge on any atom is -0.508 e. The van der Waals surface area contributed by atoms with Crippen molar-refractivity contribution in [3.63, 3.8) is 0 Å². The predicted octanol–water partition coefficient (Wildman–Crippen LogP) is 4.66. The first-order valence-corrected chi connectivity index (χ1v) is 9.98. The van der Waals surface area contributed by atoms with Gasteiger partial charge in [0.15, 0.2) is 5.78 Å². The zero-order valence-corrected chi connectivity index (χ0v) is 16.8. The molecular weight excluding hydrogens is 380 g/mol. The molecule has 30 heavy (non-hydrogen) atoms. The summed E-state index contributed by atoms with van der Waals surface area (Å²) in [5.41, 5.74) is 4.97. The van der Waals surface area contributed by atoms with E-state index >= 15 is 0 Å². The van der Waals surface area contributed by atoms with Gasteiger partial charge in [-0.1, -0.05) is 35.5 Å². The number of allylic oxidation sites excluding steroid dienone is 2. The second-order valence-electron chi connectivity index (χ2n) is 7.82. The maximum absolute atomic E-state index is 13.4. The number of rotatable bonds is 3. The number of anilines is 1. The molecule has 0 saturated heterocycles. The van der Waals surface area contributed by atoms with Gasteiger partial charge in [0, 0.05) is 29.5 Å². The Morgan fingerprint density at radius 2 is 2.00 bits per heavy atom. The molecule has 0 spiro atoms. The van der Waals surface area contributed by atoms with Crippen molar-refractivity contribution in [1.82, 2.24) is 5.16 Å². The van der Waals surface area contributed by atoms with E-state index in [2.05, 4.69) is 10.5 Å². The third-order valence-electron chi connectivity index (χ3n) is 6.06. The number of hydrogen-bond acceptors (Lipinski definition) is 6. The molecule has 1 aliphatic heterocycles. The number of benzene rings is 2. The highest BCUT2D eigenvalue weighted by Gasteiger charge is 2.41. The fourth-order valence-corrected chi connectivity index (χ4v) is 4.68. The van der Waals surface area contributed by atoms with Crippen LogP contribution in [0.3, 0.4) is 0 Å². The Balaban J connectivity index is 1.64. The van der Waals surface area contributed by atoms with Crippen LogP contribution in [0.4, 0.5) is 5.88 Å². The van der Waals surface area contributed by atoms with Gasteiger partial charge in [0.1, 0.15) is 11.5 Å². The number of nitrogens with one attached hydrogen (secondary N) is 1. The lowest BCUT2D eigenvalue weighted by atomic mass is 9.72. The number of methoxy groups -OCH3 is 1. The summed E-state index contributed by atoms with van der Waals surface area (Å²) >= 11 is 0. The highest BCUT2D eigenvalue weighted by Crippen LogP contribution is 2.50. The van der Waals surface area contributed by atoms with E-state index in [1.165, 1.54) is 0 Å². The Morgan fingerprint density at radius 3 is 2.80 bits per heavy atom. The van der Waals surface area contributed by atoms with Gasteiger partial charge in [0.05, 0.1) is 18.4 Å². The highest BCUT2D eigenvalue weighted by molar-refractivity contribution is 6.01. The van der Waals surface area contributed by atoms with E-state index in [1.807, 2.05) is 43.3 Å². The Kier molecular flexibility index (Phi) is 4.35. The zero-order chi connectivity index (χ0) is 20.8. The fraction of sp³-hybridized carbons (Fsp3) is 0.250. The molecule has 6 nitrogen and oxygen atoms in total. The van der Waals surface area contributed by atoms with Crippen LogP contribution in [0.25, 0.3) is 0 Å². The van der Waals surface area contributed by atoms with Gasteiger partial charge in [0.2, 0.25) is 5.88 Å². The SMILES string of the molecule is COc1cccc([C@@H]2C3=C(C[C@@H](c4ccccc4O)CC3=O)Nc3onc(C)c32)c1. The fourth-order valence-electron chi connectivity index (χ4n) is 4.68. The number of aryl methyl sites for hydroxylation is 1. The minimum absolute atomic E-state index is 0.0658. The predicted molar refractivity (Wildman–Crippen MR) is 112 cm³/mol. The van der Waals surface area contributed by atoms with Gasteiger partial charge in [-0.05, 0) is 42.7 Å². The van der Waals surface area contributed by atoms with Crippen LogP contribution >= 0.6 is 0 Å². The third kappa shape index (κ3) is 2.87. The molecule has 2 aliphatic rings. The molecule has 1 aliphatic carbocycles. The minimum atomic E-state index is -0.268. The number of Topliss-reactive ketones (excluding diaryl/α,β-unsaturated/α-hetero) is 1. The van der Waals surface area contributed by atoms with Gasteiger partial charge in [-0.25, -0.2) is 0 Å². The van der Waals surface area contributed by atoms with Crippen LogP contribution in [0, 0.1) is 6.92 Å². The number of aromatic nitrogens is 1. The second kappa shape index (κ2) is 7.06. The van der Waals surface area contributed by atoms with Gasteiger partial charge in [-0.2, -0.15) is 0 Å². The Hall–Kier alpha value is -3.54. The van der Waals surface area contributed by atoms with Crippen LogP contribution < -0.4 is 10.1 Å². The molecular formula is C24H22N2O4. The van der Waals surface area contributed by atoms with Crippen molar-refractivity contribution < 1.29 is 19.2 Å². The summed E-state index contributed by atoms with van der Waals surface area (Å²) in [7, 11) is 1.63. The van der Waals surface area contributed by atoms with Crippen LogP contribution in [0.1, 0.15) is 47.1 Å². The lowest BCUT2D eigenvalue weighted by molar-refractivity contribution is -0.116. The molecule has 1 aromatic heterocycles. The molecule has 0 saturated carbocycles. The van der Waals surface area contributed by atoms with Crippen molar-refractivity contribution in [3.05, 3.63) is 82.2 Å². The lowest BCUT2D eigenvalue weighted by Gasteiger charge is -2.34. The number of phenols is 1. The van der Waals surface area contributed by atoms with E-state index in [4.69, 9.17) is 9.26 Å². The number of ketones is 1. The summed E-state index contributed by atoms with van der Waals surface area (Å²) in [4.78, 5) is 13.4. The average molecular weight is 402 g/mol. The summed E-state index contributed by atoms with van der Waals surface area (Å²) in [6.45, 7) is 1.89. The van der Waals surface area contributed by atoms with E-state index in [1.54, 1.807) is 19.2 Å². The number of nitrogens with zero attached hydrogens (tertiary/aromatic N) is 1. The Labute approximate surface area is 174 Å². The number of fused-ring (bicyclic) bond motifs is 1. The quantitative estimate of drug-likeness (QED) is 0.663. The summed E-state index contributed by atoms with van der Waals surface area (Å²) in [5.74, 6) is 1.23. The van der Waals surface area contributed by atoms with Crippen LogP contribution in [0.15, 0.2) is 64.3 Å². The van der Waals surface area contributed by atoms with E-state index in [0.29, 0.717) is 18.7 Å². The molecule has 2 heterocycles. The van der Waals surface area contributed by atoms with E-state index < -0.39 is 0 Å². The number of ether oxygens (including phenoxy) is 1. The summed E-state index contributed by atoms with van der Waals surface area (Å²) < 4.78 is 11.0. The number of carbonyl (C=O) groups is 1. The van der Waals surface area contributed by atoms with E-state index in [-0.39, 0.29) is 23.4 Å². The van der Waals surface area contributed by atoms with Crippen molar-refractivity contribution in [1.29, 1.82) is 0 Å². The molecule has 0 bridgehead atoms. The van der Waals surface area contributed by atoms with Gasteiger partial charge in [-0.3, -0.25) is 4.79 Å². The number of para-hydroxylation sites is 1. The van der Waals surface area contributed by atoms with Crippen molar-refractivity contribution in [3.8, 4) is 11.5 Å². The molecule has 6 heteroatoms. The number of carbonyl (C=O) groups excluding carboxylic acids is 1. The molecule has 0 amide bonds. The average Bonchev–Trinajstić information content (AvgIpc) is 3.13. The molecule has 2 atom stereocenters. The van der Waals surface area contributed by atoms with Crippen molar-refractivity contribution in [2.24, 2.45) is 0 Å². The van der Waals surface area contributed by atoms with Gasteiger partial charge >= 0.3 is 0 Å². The van der Waals surface area contributed by atoms with Crippen LogP contribution in [0.2, 0.25) is 0 Å². The van der Waals surface area contributed by atoms with Crippen molar-refractivity contribution in [2.75, 3.05) is 12.4 Å². The van der Waals surface area contributed by atoms with Gasteiger partial charge < -0.3 is 19.7 Å². The number of hydrogen-bond donors (Lipinski definition) is 2. The van der Waals surface area contributed by atoms with Crippen molar-refractivity contribution >= 4 is 11.7 Å². The van der Waals surface area contributed by atoms with Crippen molar-refractivity contribution in [2.45, 2.75) is 31.6 Å². The van der Waals surface area contributed by atoms with E-state index in [9.17, 15) is 9.90 Å². The first-order chi connectivity index (χ1) is 14.6. The molecule has 0 unspecified atom stereocenters. The maximum atomic E-state index is 13.4. The lowest BCUT2D eigenvalue weighted by Crippen LogP contribution is -2.29. The topological polar surface area (TPSA) is 84.6 Å². The maximum Gasteiger partial charge on any atom is 0.233 e. The molecule has 2 N–H and O–H groups in total. The largest absolute Gasteiger partial charge is 0.508 e. The summed E-state index contributed by atoms with van der Waals surface area (Å²) in [5, 5.41) is 17.8. The smallest absolute Gasteiger partial charge is 0.233 e. The van der Waals surface area contributed by atoms with Crippen LogP contribution in [-0.2, 0) is 4.79 Å². The zero-order valence-electron chi connectivity index (χ0n) is 16.8. The van der Waals surface area contributed by atoms with E-state index in [0.717, 1.165) is 39.4 Å². The Morgan fingerprint density at radius 1 is 1.17 bits per heavy atom. The highest BCUT2D eigenvalue weighted by atomic mass is 16.5. The molecule has 5 rings (SSSR count). The van der Waals surface area contributed by atoms with Crippen LogP contribution in [-0.4, -0.2) is 23.2 Å². The standard InChI is InChI=1S/C24H22N2O4/c1-13-21-22(14-6-5-7-16(10-14)29-2)23-18(25-24(21)30-26-13)11-15(12-20(23)28)17-8-3-4-9-19(17)27/h3-10,15,22,25,27H,11-12H2,1-2H3/t15-,22+/m1/s1. The summed E-state index contributed by atoms with van der Waals surface area (Å²) in [6.07, 6.45) is 0.955. The molecule has 0 fully saturated rings. The molecule has 3 aromatic rings. The first-order valence-electron chi connectivity index (χ1n) is 9.98. The monoisotopic (exact) mass is 402 g/mol. The Bertz CT molecular complexity index is 1180. The summed E-state index contributed by atoms with van der Waals surface area (Å²) in [6, 6.07) is 15.0. The third-order valence-corrected chi connectivity index (χ3v) is 6.06. The van der Waals surface area contributed by atoms with Crippen LogP contribution in [0.5, 0.6) is 11.5 Å².